The largest absolute Gasteiger partial charge is 0.416 e. The maximum absolute atomic E-state index is 12.8. The molecule has 6 heteroatoms. The van der Waals surface area contributed by atoms with Crippen LogP contribution in [-0.2, 0) is 4.79 Å². The molecule has 2 unspecified atom stereocenters. The number of aliphatic hydroxyl groups is 1. The Bertz CT molecular complexity index is 599. The highest BCUT2D eigenvalue weighted by molar-refractivity contribution is 5.87. The van der Waals surface area contributed by atoms with Crippen LogP contribution < -0.4 is 10.1 Å². The number of benzene rings is 1. The molecule has 3 rings (SSSR count). The molecule has 1 saturated carbocycles. The number of carbonyl (C=O) groups excluding carboxylic acids is 2. The Balaban J connectivity index is 1.60. The molecule has 0 spiro atoms. The van der Waals surface area contributed by atoms with Crippen molar-refractivity contribution >= 4 is 12.0 Å². The van der Waals surface area contributed by atoms with Crippen molar-refractivity contribution in [2.45, 2.75) is 69.6 Å². The van der Waals surface area contributed by atoms with Gasteiger partial charge in [0, 0.05) is 12.5 Å². The molecule has 26 heavy (non-hydrogen) atoms. The molecule has 1 aliphatic carbocycles. The van der Waals surface area contributed by atoms with Gasteiger partial charge < -0.3 is 15.2 Å². The number of para-hydroxylation sites is 1. The smallest absolute Gasteiger partial charge is 0.410 e. The summed E-state index contributed by atoms with van der Waals surface area (Å²) in [7, 11) is 0. The molecule has 142 valence electrons. The number of likely N-dealkylation sites (tertiary alicyclic amines) is 1. The van der Waals surface area contributed by atoms with Crippen LogP contribution in [0.2, 0.25) is 0 Å². The van der Waals surface area contributed by atoms with E-state index in [2.05, 4.69) is 5.32 Å². The summed E-state index contributed by atoms with van der Waals surface area (Å²) in [6.07, 6.45) is 6.86. The zero-order valence-corrected chi connectivity index (χ0v) is 15.1. The second-order valence-corrected chi connectivity index (χ2v) is 7.29. The molecule has 1 aliphatic heterocycles. The maximum atomic E-state index is 12.8. The van der Waals surface area contributed by atoms with Crippen molar-refractivity contribution in [3.8, 4) is 5.75 Å². The number of amides is 2. The summed E-state index contributed by atoms with van der Waals surface area (Å²) in [6, 6.07) is 8.25. The molecule has 0 radical (unpaired) electrons. The van der Waals surface area contributed by atoms with Gasteiger partial charge in [-0.2, -0.15) is 0 Å². The van der Waals surface area contributed by atoms with Gasteiger partial charge in [0.25, 0.3) is 0 Å². The molecule has 0 bridgehead atoms. The van der Waals surface area contributed by atoms with E-state index in [-0.39, 0.29) is 24.9 Å². The van der Waals surface area contributed by atoms with E-state index < -0.39 is 18.2 Å². The van der Waals surface area contributed by atoms with Crippen LogP contribution in [-0.4, -0.2) is 46.7 Å². The normalized spacial score (nSPS) is 24.6. The van der Waals surface area contributed by atoms with Crippen LogP contribution in [0.25, 0.3) is 0 Å². The Labute approximate surface area is 154 Å². The third kappa shape index (κ3) is 4.97. The van der Waals surface area contributed by atoms with Crippen LogP contribution in [0, 0.1) is 0 Å². The summed E-state index contributed by atoms with van der Waals surface area (Å²) < 4.78 is 5.35. The number of nitrogens with one attached hydrogen (secondary N) is 1. The zero-order valence-electron chi connectivity index (χ0n) is 15.1. The summed E-state index contributed by atoms with van der Waals surface area (Å²) in [5.74, 6) is 0.246. The van der Waals surface area contributed by atoms with Gasteiger partial charge in [-0.1, -0.05) is 50.3 Å². The van der Waals surface area contributed by atoms with Gasteiger partial charge in [-0.25, -0.2) is 4.79 Å². The maximum Gasteiger partial charge on any atom is 0.416 e. The third-order valence-corrected chi connectivity index (χ3v) is 5.22. The lowest BCUT2D eigenvalue weighted by Gasteiger charge is -2.26. The minimum atomic E-state index is -0.702. The summed E-state index contributed by atoms with van der Waals surface area (Å²) in [6.45, 7) is 0.119. The lowest BCUT2D eigenvalue weighted by atomic mass is 9.96. The fourth-order valence-corrected chi connectivity index (χ4v) is 3.81. The molecular weight excluding hydrogens is 332 g/mol. The van der Waals surface area contributed by atoms with E-state index in [0.717, 1.165) is 25.7 Å². The molecule has 2 N–H and O–H groups in total. The van der Waals surface area contributed by atoms with E-state index in [0.29, 0.717) is 5.75 Å². The Morgan fingerprint density at radius 2 is 1.69 bits per heavy atom. The first-order chi connectivity index (χ1) is 12.6. The SMILES string of the molecule is O=C(NC1CCCCCCC1)C1CC(O)CN1C(=O)Oc1ccccc1. The van der Waals surface area contributed by atoms with Gasteiger partial charge >= 0.3 is 6.09 Å². The average molecular weight is 360 g/mol. The van der Waals surface area contributed by atoms with Gasteiger partial charge in [0.05, 0.1) is 12.6 Å². The van der Waals surface area contributed by atoms with Crippen molar-refractivity contribution in [1.82, 2.24) is 10.2 Å². The second-order valence-electron chi connectivity index (χ2n) is 7.29. The Kier molecular flexibility index (Phi) is 6.50. The van der Waals surface area contributed by atoms with Gasteiger partial charge in [-0.05, 0) is 25.0 Å². The number of nitrogens with zero attached hydrogens (tertiary/aromatic N) is 1. The first kappa shape index (κ1) is 18.7. The third-order valence-electron chi connectivity index (χ3n) is 5.22. The predicted octanol–water partition coefficient (Wildman–Crippen LogP) is 2.85. The van der Waals surface area contributed by atoms with E-state index in [9.17, 15) is 14.7 Å². The van der Waals surface area contributed by atoms with Gasteiger partial charge in [-0.15, -0.1) is 0 Å². The molecule has 1 heterocycles. The number of hydrogen-bond donors (Lipinski definition) is 2. The summed E-state index contributed by atoms with van der Waals surface area (Å²) in [4.78, 5) is 26.6. The molecule has 6 nitrogen and oxygen atoms in total. The van der Waals surface area contributed by atoms with Crippen molar-refractivity contribution < 1.29 is 19.4 Å². The fourth-order valence-electron chi connectivity index (χ4n) is 3.81. The second kappa shape index (κ2) is 9.03. The van der Waals surface area contributed by atoms with E-state index in [1.165, 1.54) is 24.2 Å². The highest BCUT2D eigenvalue weighted by Crippen LogP contribution is 2.22. The number of carbonyl (C=O) groups is 2. The highest BCUT2D eigenvalue weighted by atomic mass is 16.6. The first-order valence-corrected chi connectivity index (χ1v) is 9.65. The van der Waals surface area contributed by atoms with Crippen molar-refractivity contribution in [3.63, 3.8) is 0 Å². The number of β-amino-alcohol motifs (C(OH)–C–C–N with tert-alkyl or cyclic N) is 1. The van der Waals surface area contributed by atoms with E-state index in [4.69, 9.17) is 4.74 Å². The monoisotopic (exact) mass is 360 g/mol. The number of aliphatic hydroxyl groups excluding tert-OH is 1. The lowest BCUT2D eigenvalue weighted by molar-refractivity contribution is -0.125. The summed E-state index contributed by atoms with van der Waals surface area (Å²) >= 11 is 0. The Morgan fingerprint density at radius 3 is 2.38 bits per heavy atom. The molecule has 2 atom stereocenters. The van der Waals surface area contributed by atoms with Crippen molar-refractivity contribution in [2.75, 3.05) is 6.54 Å². The minimum Gasteiger partial charge on any atom is -0.410 e. The predicted molar refractivity (Wildman–Crippen MR) is 97.8 cm³/mol. The quantitative estimate of drug-likeness (QED) is 0.869. The van der Waals surface area contributed by atoms with Gasteiger partial charge in [0.1, 0.15) is 11.8 Å². The zero-order chi connectivity index (χ0) is 18.4. The molecule has 2 aliphatic rings. The number of ether oxygens (including phenoxy) is 1. The minimum absolute atomic E-state index is 0.119. The molecule has 1 saturated heterocycles. The lowest BCUT2D eigenvalue weighted by Crippen LogP contribution is -2.49. The van der Waals surface area contributed by atoms with Crippen molar-refractivity contribution in [1.29, 1.82) is 0 Å². The molecule has 1 aromatic rings. The number of hydrogen-bond acceptors (Lipinski definition) is 4. The van der Waals surface area contributed by atoms with Crippen LogP contribution in [0.5, 0.6) is 5.75 Å². The Morgan fingerprint density at radius 1 is 1.04 bits per heavy atom. The Hall–Kier alpha value is -2.08. The van der Waals surface area contributed by atoms with Gasteiger partial charge in [0.15, 0.2) is 0 Å². The van der Waals surface area contributed by atoms with E-state index in [1.807, 2.05) is 6.07 Å². The van der Waals surface area contributed by atoms with E-state index >= 15 is 0 Å². The highest BCUT2D eigenvalue weighted by Gasteiger charge is 2.40. The van der Waals surface area contributed by atoms with Crippen LogP contribution in [0.1, 0.15) is 51.4 Å². The molecule has 0 aromatic heterocycles. The van der Waals surface area contributed by atoms with Crippen LogP contribution >= 0.6 is 0 Å². The first-order valence-electron chi connectivity index (χ1n) is 9.65. The van der Waals surface area contributed by atoms with Crippen molar-refractivity contribution in [3.05, 3.63) is 30.3 Å². The van der Waals surface area contributed by atoms with Crippen molar-refractivity contribution in [2.24, 2.45) is 0 Å². The fraction of sp³-hybridized carbons (Fsp3) is 0.600. The molecule has 2 fully saturated rings. The number of rotatable bonds is 3. The van der Waals surface area contributed by atoms with Crippen LogP contribution in [0.3, 0.4) is 0 Å². The van der Waals surface area contributed by atoms with E-state index in [1.54, 1.807) is 24.3 Å². The van der Waals surface area contributed by atoms with Gasteiger partial charge in [-0.3, -0.25) is 9.69 Å². The average Bonchev–Trinajstić information content (AvgIpc) is 3.00. The summed E-state index contributed by atoms with van der Waals surface area (Å²) in [5.41, 5.74) is 0. The summed E-state index contributed by atoms with van der Waals surface area (Å²) in [5, 5.41) is 13.1. The van der Waals surface area contributed by atoms with Gasteiger partial charge in [0.2, 0.25) is 5.91 Å². The van der Waals surface area contributed by atoms with Crippen LogP contribution in [0.4, 0.5) is 4.79 Å². The molecule has 1 aromatic carbocycles. The topological polar surface area (TPSA) is 78.9 Å². The molecule has 2 amide bonds. The standard InChI is InChI=1S/C20H28N2O4/c23-16-13-18(19(24)21-15-9-5-2-1-3-6-10-15)22(14-16)20(25)26-17-11-7-4-8-12-17/h4,7-8,11-12,15-16,18,23H,1-3,5-6,9-10,13-14H2,(H,21,24). The molecular formula is C20H28N2O4. The van der Waals surface area contributed by atoms with Crippen LogP contribution in [0.15, 0.2) is 30.3 Å².